The number of carboxylic acid groups (broad SMARTS) is 1. The van der Waals surface area contributed by atoms with E-state index in [0.717, 1.165) is 11.1 Å². The molecule has 0 bridgehead atoms. The summed E-state index contributed by atoms with van der Waals surface area (Å²) in [7, 11) is 0. The van der Waals surface area contributed by atoms with E-state index in [4.69, 9.17) is 26.2 Å². The molecular formula is C22H26ClNO7S. The van der Waals surface area contributed by atoms with Crippen molar-refractivity contribution in [2.75, 3.05) is 19.4 Å². The molecule has 174 valence electrons. The first kappa shape index (κ1) is 24.6. The SMILES string of the molecule is CS[C@H]1O[C@@H](c2ccc(Cl)c(Cc3ccc(OCCNC(=O)O)cc3)c2)[C@H](O)[C@@H](O)[C@@H]1O. The summed E-state index contributed by atoms with van der Waals surface area (Å²) in [6.07, 6.45) is -3.37. The van der Waals surface area contributed by atoms with Crippen LogP contribution in [0.15, 0.2) is 42.5 Å². The largest absolute Gasteiger partial charge is 0.492 e. The highest BCUT2D eigenvalue weighted by molar-refractivity contribution is 7.99. The molecule has 1 fully saturated rings. The van der Waals surface area contributed by atoms with Crippen molar-refractivity contribution in [3.63, 3.8) is 0 Å². The molecule has 0 aliphatic carbocycles. The maximum atomic E-state index is 10.4. The number of benzene rings is 2. The Labute approximate surface area is 195 Å². The molecule has 32 heavy (non-hydrogen) atoms. The van der Waals surface area contributed by atoms with Crippen LogP contribution in [0, 0.1) is 0 Å². The molecule has 2 aromatic rings. The van der Waals surface area contributed by atoms with Crippen LogP contribution in [0.25, 0.3) is 0 Å². The standard InChI is InChI=1S/C22H26ClNO7S/c1-32-21-19(27)17(25)18(26)20(31-21)13-4-7-16(23)14(11-13)10-12-2-5-15(6-3-12)30-9-8-24-22(28)29/h2-7,11,17-21,24-27H,8-10H2,1H3,(H,28,29)/t17-,18-,19+,20+,21-/m1/s1. The van der Waals surface area contributed by atoms with E-state index in [2.05, 4.69) is 5.32 Å². The molecule has 1 aliphatic heterocycles. The molecule has 0 unspecified atom stereocenters. The van der Waals surface area contributed by atoms with Gasteiger partial charge in [0.15, 0.2) is 0 Å². The highest BCUT2D eigenvalue weighted by Crippen LogP contribution is 2.37. The van der Waals surface area contributed by atoms with Crippen molar-refractivity contribution in [3.8, 4) is 5.75 Å². The minimum atomic E-state index is -1.32. The van der Waals surface area contributed by atoms with Crippen molar-refractivity contribution in [1.29, 1.82) is 0 Å². The van der Waals surface area contributed by atoms with Crippen LogP contribution in [-0.2, 0) is 11.2 Å². The Morgan fingerprint density at radius 3 is 2.50 bits per heavy atom. The van der Waals surface area contributed by atoms with Gasteiger partial charge in [0.05, 0.1) is 6.54 Å². The van der Waals surface area contributed by atoms with Crippen molar-refractivity contribution in [3.05, 3.63) is 64.2 Å². The summed E-state index contributed by atoms with van der Waals surface area (Å²) < 4.78 is 11.3. The van der Waals surface area contributed by atoms with Crippen LogP contribution in [0.1, 0.15) is 22.8 Å². The second kappa shape index (κ2) is 11.2. The number of thioether (sulfide) groups is 1. The zero-order valence-corrected chi connectivity index (χ0v) is 18.9. The monoisotopic (exact) mass is 483 g/mol. The molecule has 3 rings (SSSR count). The molecular weight excluding hydrogens is 458 g/mol. The third-order valence-electron chi connectivity index (χ3n) is 5.17. The molecule has 1 saturated heterocycles. The lowest BCUT2D eigenvalue weighted by Gasteiger charge is -2.40. The van der Waals surface area contributed by atoms with E-state index >= 15 is 0 Å². The number of carbonyl (C=O) groups is 1. The molecule has 2 aromatic carbocycles. The van der Waals surface area contributed by atoms with Gasteiger partial charge in [-0.1, -0.05) is 35.9 Å². The molecule has 0 saturated carbocycles. The van der Waals surface area contributed by atoms with Crippen LogP contribution in [-0.4, -0.2) is 69.7 Å². The van der Waals surface area contributed by atoms with Gasteiger partial charge >= 0.3 is 6.09 Å². The predicted molar refractivity (Wildman–Crippen MR) is 121 cm³/mol. The zero-order chi connectivity index (χ0) is 23.3. The first-order chi connectivity index (χ1) is 15.3. The summed E-state index contributed by atoms with van der Waals surface area (Å²) in [5, 5.41) is 42.1. The van der Waals surface area contributed by atoms with Gasteiger partial charge in [-0.15, -0.1) is 11.8 Å². The average molecular weight is 484 g/mol. The summed E-state index contributed by atoms with van der Waals surface area (Å²) in [5.74, 6) is 0.621. The number of nitrogens with one attached hydrogen (secondary N) is 1. The van der Waals surface area contributed by atoms with Crippen molar-refractivity contribution in [2.24, 2.45) is 0 Å². The van der Waals surface area contributed by atoms with Crippen molar-refractivity contribution < 1.29 is 34.7 Å². The van der Waals surface area contributed by atoms with Gasteiger partial charge in [0.1, 0.15) is 42.2 Å². The first-order valence-electron chi connectivity index (χ1n) is 9.99. The number of halogens is 1. The molecule has 10 heteroatoms. The van der Waals surface area contributed by atoms with Crippen LogP contribution in [0.3, 0.4) is 0 Å². The third-order valence-corrected chi connectivity index (χ3v) is 6.39. The molecule has 1 aliphatic rings. The summed E-state index contributed by atoms with van der Waals surface area (Å²) in [4.78, 5) is 10.4. The van der Waals surface area contributed by atoms with Crippen LogP contribution >= 0.6 is 23.4 Å². The number of aliphatic hydroxyl groups excluding tert-OH is 3. The summed E-state index contributed by atoms with van der Waals surface area (Å²) >= 11 is 7.66. The van der Waals surface area contributed by atoms with E-state index in [-0.39, 0.29) is 13.2 Å². The molecule has 5 N–H and O–H groups in total. The number of hydrogen-bond donors (Lipinski definition) is 5. The Kier molecular flexibility index (Phi) is 8.64. The van der Waals surface area contributed by atoms with Crippen LogP contribution in [0.5, 0.6) is 5.75 Å². The van der Waals surface area contributed by atoms with Crippen LogP contribution in [0.2, 0.25) is 5.02 Å². The first-order valence-corrected chi connectivity index (χ1v) is 11.7. The summed E-state index contributed by atoms with van der Waals surface area (Å²) in [6, 6.07) is 12.7. The van der Waals surface area contributed by atoms with E-state index in [0.29, 0.717) is 22.8 Å². The quantitative estimate of drug-likeness (QED) is 0.362. The number of aliphatic hydroxyl groups is 3. The smallest absolute Gasteiger partial charge is 0.404 e. The Hall–Kier alpha value is -2.01. The van der Waals surface area contributed by atoms with Gasteiger partial charge in [-0.2, -0.15) is 0 Å². The van der Waals surface area contributed by atoms with Gasteiger partial charge in [-0.3, -0.25) is 0 Å². The highest BCUT2D eigenvalue weighted by Gasteiger charge is 2.44. The van der Waals surface area contributed by atoms with Gasteiger partial charge in [-0.05, 0) is 47.6 Å². The van der Waals surface area contributed by atoms with Gasteiger partial charge in [0.2, 0.25) is 0 Å². The topological polar surface area (TPSA) is 128 Å². The minimum absolute atomic E-state index is 0.192. The second-order valence-electron chi connectivity index (χ2n) is 7.38. The maximum Gasteiger partial charge on any atom is 0.404 e. The van der Waals surface area contributed by atoms with Crippen molar-refractivity contribution in [1.82, 2.24) is 5.32 Å². The maximum absolute atomic E-state index is 10.4. The van der Waals surface area contributed by atoms with E-state index in [1.165, 1.54) is 11.8 Å². The van der Waals surface area contributed by atoms with E-state index in [1.54, 1.807) is 30.5 Å². The van der Waals surface area contributed by atoms with Crippen molar-refractivity contribution >= 4 is 29.5 Å². The fraction of sp³-hybridized carbons (Fsp3) is 0.409. The molecule has 1 heterocycles. The zero-order valence-electron chi connectivity index (χ0n) is 17.3. The number of ether oxygens (including phenoxy) is 2. The van der Waals surface area contributed by atoms with Gasteiger partial charge < -0.3 is 35.2 Å². The lowest BCUT2D eigenvalue weighted by atomic mass is 9.92. The number of amides is 1. The predicted octanol–water partition coefficient (Wildman–Crippen LogP) is 2.42. The fourth-order valence-corrected chi connectivity index (χ4v) is 4.33. The Morgan fingerprint density at radius 1 is 1.12 bits per heavy atom. The Balaban J connectivity index is 1.69. The molecule has 1 amide bonds. The highest BCUT2D eigenvalue weighted by atomic mass is 35.5. The Bertz CT molecular complexity index is 912. The molecule has 0 spiro atoms. The van der Waals surface area contributed by atoms with Crippen molar-refractivity contribution in [2.45, 2.75) is 36.3 Å². The van der Waals surface area contributed by atoms with Gasteiger partial charge in [0, 0.05) is 5.02 Å². The molecule has 0 radical (unpaired) electrons. The Morgan fingerprint density at radius 2 is 1.84 bits per heavy atom. The number of hydrogen-bond acceptors (Lipinski definition) is 7. The lowest BCUT2D eigenvalue weighted by molar-refractivity contribution is -0.200. The second-order valence-corrected chi connectivity index (χ2v) is 8.73. The van der Waals surface area contributed by atoms with Gasteiger partial charge in [-0.25, -0.2) is 4.79 Å². The van der Waals surface area contributed by atoms with E-state index in [1.807, 2.05) is 18.2 Å². The van der Waals surface area contributed by atoms with Crippen LogP contribution < -0.4 is 10.1 Å². The van der Waals surface area contributed by atoms with Crippen LogP contribution in [0.4, 0.5) is 4.79 Å². The normalized spacial score (nSPS) is 25.3. The average Bonchev–Trinajstić information content (AvgIpc) is 2.78. The fourth-order valence-electron chi connectivity index (χ4n) is 3.48. The summed E-state index contributed by atoms with van der Waals surface area (Å²) in [6.45, 7) is 0.415. The molecule has 0 aromatic heterocycles. The lowest BCUT2D eigenvalue weighted by Crippen LogP contribution is -2.52. The van der Waals surface area contributed by atoms with E-state index < -0.39 is 35.9 Å². The molecule has 8 nitrogen and oxygen atoms in total. The van der Waals surface area contributed by atoms with E-state index in [9.17, 15) is 20.1 Å². The van der Waals surface area contributed by atoms with Gasteiger partial charge in [0.25, 0.3) is 0 Å². The number of rotatable bonds is 8. The minimum Gasteiger partial charge on any atom is -0.492 e. The third kappa shape index (κ3) is 6.06. The molecule has 5 atom stereocenters. The summed E-state index contributed by atoms with van der Waals surface area (Å²) in [5.41, 5.74) is 1.80.